The number of aryl methyl sites for hydroxylation is 1. The normalized spacial score (nSPS) is 10.9. The largest absolute Gasteiger partial charge is 0.357 e. The average Bonchev–Trinajstić information content (AvgIpc) is 2.29. The van der Waals surface area contributed by atoms with Crippen LogP contribution in [0.4, 0.5) is 0 Å². The standard InChI is InChI=1S/C15H17N2.Ir/c1-11-13(6-5-8-16-11)14-10-12(7-9-17-14)15(2,3)4;/h5,7-10H,1-4H3;/q-1;. The molecule has 2 rings (SSSR count). The molecule has 18 heavy (non-hydrogen) atoms. The molecule has 0 atom stereocenters. The molecule has 2 nitrogen and oxygen atoms in total. The van der Waals surface area contributed by atoms with E-state index in [1.165, 1.54) is 5.56 Å². The van der Waals surface area contributed by atoms with Crippen LogP contribution in [0, 0.1) is 13.0 Å². The fourth-order valence-electron chi connectivity index (χ4n) is 1.73. The van der Waals surface area contributed by atoms with Crippen LogP contribution in [0.25, 0.3) is 11.3 Å². The topological polar surface area (TPSA) is 25.8 Å². The minimum absolute atomic E-state index is 0. The molecule has 0 saturated carbocycles. The molecule has 0 aliphatic carbocycles. The van der Waals surface area contributed by atoms with Gasteiger partial charge >= 0.3 is 0 Å². The molecule has 2 heterocycles. The molecule has 2 aromatic rings. The Morgan fingerprint density at radius 2 is 1.83 bits per heavy atom. The Morgan fingerprint density at radius 1 is 1.11 bits per heavy atom. The van der Waals surface area contributed by atoms with E-state index >= 15 is 0 Å². The van der Waals surface area contributed by atoms with Crippen LogP contribution in [0.15, 0.2) is 30.6 Å². The van der Waals surface area contributed by atoms with Gasteiger partial charge in [0.15, 0.2) is 0 Å². The molecule has 0 bridgehead atoms. The number of rotatable bonds is 1. The monoisotopic (exact) mass is 418 g/mol. The maximum Gasteiger partial charge on any atom is 0.0163 e. The van der Waals surface area contributed by atoms with E-state index in [1.54, 1.807) is 6.20 Å². The second kappa shape index (κ2) is 5.73. The summed E-state index contributed by atoms with van der Waals surface area (Å²) >= 11 is 0. The van der Waals surface area contributed by atoms with Crippen molar-refractivity contribution in [1.82, 2.24) is 9.97 Å². The first-order valence-electron chi connectivity index (χ1n) is 5.78. The Labute approximate surface area is 122 Å². The number of nitrogens with zero attached hydrogens (tertiary/aromatic N) is 2. The van der Waals surface area contributed by atoms with Crippen LogP contribution in [0.2, 0.25) is 0 Å². The second-order valence-corrected chi connectivity index (χ2v) is 5.23. The molecule has 1 radical (unpaired) electrons. The fraction of sp³-hybridized carbons (Fsp3) is 0.333. The molecule has 0 fully saturated rings. The molecule has 0 aliphatic rings. The van der Waals surface area contributed by atoms with Crippen LogP contribution in [-0.4, -0.2) is 9.97 Å². The Hall–Kier alpha value is -1.05. The van der Waals surface area contributed by atoms with Crippen LogP contribution < -0.4 is 0 Å². The first kappa shape index (κ1) is 15.0. The van der Waals surface area contributed by atoms with Crippen molar-refractivity contribution in [3.05, 3.63) is 47.9 Å². The molecule has 0 aliphatic heterocycles. The molecular weight excluding hydrogens is 400 g/mol. The van der Waals surface area contributed by atoms with Gasteiger partial charge in [-0.3, -0.25) is 0 Å². The summed E-state index contributed by atoms with van der Waals surface area (Å²) in [5.41, 5.74) is 4.31. The van der Waals surface area contributed by atoms with Crippen molar-refractivity contribution in [2.24, 2.45) is 0 Å². The molecule has 3 heteroatoms. The molecular formula is C15H17IrN2-. The quantitative estimate of drug-likeness (QED) is 0.664. The minimum Gasteiger partial charge on any atom is -0.357 e. The molecule has 0 saturated heterocycles. The Kier molecular flexibility index (Phi) is 4.77. The van der Waals surface area contributed by atoms with Crippen molar-refractivity contribution in [3.63, 3.8) is 0 Å². The third-order valence-corrected chi connectivity index (χ3v) is 2.81. The summed E-state index contributed by atoms with van der Waals surface area (Å²) in [7, 11) is 0. The first-order chi connectivity index (χ1) is 7.98. The van der Waals surface area contributed by atoms with Gasteiger partial charge in [-0.1, -0.05) is 40.0 Å². The third-order valence-electron chi connectivity index (χ3n) is 2.81. The van der Waals surface area contributed by atoms with Crippen molar-refractivity contribution in [3.8, 4) is 11.3 Å². The molecule has 0 unspecified atom stereocenters. The zero-order chi connectivity index (χ0) is 12.5. The Bertz CT molecular complexity index is 530. The zero-order valence-electron chi connectivity index (χ0n) is 11.1. The van der Waals surface area contributed by atoms with Crippen molar-refractivity contribution >= 4 is 0 Å². The third kappa shape index (κ3) is 3.24. The summed E-state index contributed by atoms with van der Waals surface area (Å²) in [4.78, 5) is 8.69. The molecule has 0 spiro atoms. The van der Waals surface area contributed by atoms with Gasteiger partial charge in [0.2, 0.25) is 0 Å². The predicted molar refractivity (Wildman–Crippen MR) is 69.7 cm³/mol. The molecule has 0 aromatic carbocycles. The molecule has 97 valence electrons. The van der Waals surface area contributed by atoms with Gasteiger partial charge in [0.25, 0.3) is 0 Å². The van der Waals surface area contributed by atoms with Gasteiger partial charge in [0, 0.05) is 26.3 Å². The van der Waals surface area contributed by atoms with Gasteiger partial charge < -0.3 is 9.97 Å². The van der Waals surface area contributed by atoms with Crippen LogP contribution in [0.1, 0.15) is 32.0 Å². The van der Waals surface area contributed by atoms with Gasteiger partial charge in [-0.25, -0.2) is 0 Å². The fourth-order valence-corrected chi connectivity index (χ4v) is 1.73. The number of pyridine rings is 2. The van der Waals surface area contributed by atoms with Crippen LogP contribution in [-0.2, 0) is 25.5 Å². The summed E-state index contributed by atoms with van der Waals surface area (Å²) in [5.74, 6) is 0. The van der Waals surface area contributed by atoms with E-state index in [9.17, 15) is 0 Å². The van der Waals surface area contributed by atoms with Crippen molar-refractivity contribution in [1.29, 1.82) is 0 Å². The van der Waals surface area contributed by atoms with Crippen molar-refractivity contribution < 1.29 is 20.1 Å². The summed E-state index contributed by atoms with van der Waals surface area (Å²) in [6.45, 7) is 8.58. The maximum absolute atomic E-state index is 4.41. The average molecular weight is 418 g/mol. The van der Waals surface area contributed by atoms with E-state index in [-0.39, 0.29) is 25.5 Å². The van der Waals surface area contributed by atoms with E-state index in [4.69, 9.17) is 0 Å². The number of hydrogen-bond acceptors (Lipinski definition) is 2. The predicted octanol–water partition coefficient (Wildman–Crippen LogP) is 3.55. The van der Waals surface area contributed by atoms with E-state index in [1.807, 2.05) is 19.2 Å². The summed E-state index contributed by atoms with van der Waals surface area (Å²) in [6, 6.07) is 9.22. The van der Waals surface area contributed by atoms with Gasteiger partial charge in [0.1, 0.15) is 0 Å². The van der Waals surface area contributed by atoms with Gasteiger partial charge in [-0.2, -0.15) is 0 Å². The van der Waals surface area contributed by atoms with E-state index in [0.717, 1.165) is 17.0 Å². The van der Waals surface area contributed by atoms with Crippen LogP contribution in [0.5, 0.6) is 0 Å². The van der Waals surface area contributed by atoms with Gasteiger partial charge in [-0.15, -0.1) is 17.7 Å². The van der Waals surface area contributed by atoms with Crippen molar-refractivity contribution in [2.45, 2.75) is 33.1 Å². The zero-order valence-corrected chi connectivity index (χ0v) is 13.5. The Morgan fingerprint density at radius 3 is 2.44 bits per heavy atom. The number of hydrogen-bond donors (Lipinski definition) is 0. The minimum atomic E-state index is 0. The Balaban J connectivity index is 0.00000162. The number of aromatic nitrogens is 2. The van der Waals surface area contributed by atoms with E-state index < -0.39 is 0 Å². The summed E-state index contributed by atoms with van der Waals surface area (Å²) in [5, 5.41) is 0. The first-order valence-corrected chi connectivity index (χ1v) is 5.78. The van der Waals surface area contributed by atoms with Crippen LogP contribution in [0.3, 0.4) is 0 Å². The molecule has 0 amide bonds. The SMILES string of the molecule is Cc1ncc[c-]c1-c1cc(C(C)(C)C)ccn1.[Ir]. The maximum atomic E-state index is 4.41. The van der Waals surface area contributed by atoms with Gasteiger partial charge in [-0.05, 0) is 28.4 Å². The summed E-state index contributed by atoms with van der Waals surface area (Å²) < 4.78 is 0. The smallest absolute Gasteiger partial charge is 0.0163 e. The van der Waals surface area contributed by atoms with Crippen LogP contribution >= 0.6 is 0 Å². The van der Waals surface area contributed by atoms with Crippen molar-refractivity contribution in [2.75, 3.05) is 0 Å². The summed E-state index contributed by atoms with van der Waals surface area (Å²) in [6.07, 6.45) is 3.61. The van der Waals surface area contributed by atoms with E-state index in [2.05, 4.69) is 48.9 Å². The van der Waals surface area contributed by atoms with E-state index in [0.29, 0.717) is 0 Å². The second-order valence-electron chi connectivity index (χ2n) is 5.23. The molecule has 2 aromatic heterocycles. The van der Waals surface area contributed by atoms with Gasteiger partial charge in [0.05, 0.1) is 0 Å². The molecule has 0 N–H and O–H groups in total.